The van der Waals surface area contributed by atoms with E-state index in [-0.39, 0.29) is 5.78 Å². The van der Waals surface area contributed by atoms with Gasteiger partial charge in [0.05, 0.1) is 15.6 Å². The van der Waals surface area contributed by atoms with E-state index in [1.165, 1.54) is 12.1 Å². The maximum absolute atomic E-state index is 11.9. The van der Waals surface area contributed by atoms with Gasteiger partial charge in [-0.2, -0.15) is 0 Å². The fraction of sp³-hybridized carbons (Fsp3) is 0.385. The average Bonchev–Trinajstić information content (AvgIpc) is 2.23. The molecule has 4 heteroatoms. The molecule has 1 rings (SSSR count). The molecule has 0 unspecified atom stereocenters. The van der Waals surface area contributed by atoms with E-state index >= 15 is 0 Å². The minimum Gasteiger partial charge on any atom is -0.294 e. The molecule has 0 saturated carbocycles. The van der Waals surface area contributed by atoms with Gasteiger partial charge in [-0.1, -0.05) is 61.0 Å². The molecule has 0 heterocycles. The van der Waals surface area contributed by atoms with Gasteiger partial charge in [0, 0.05) is 11.4 Å². The normalized spacial score (nSPS) is 10.6. The quantitative estimate of drug-likeness (QED) is 0.491. The first-order chi connectivity index (χ1) is 8.06. The number of ketones is 1. The average molecular weight is 293 g/mol. The lowest BCUT2D eigenvalue weighted by Gasteiger charge is -2.06. The maximum atomic E-state index is 11.9. The summed E-state index contributed by atoms with van der Waals surface area (Å²) in [4.78, 5) is 11.9. The fourth-order valence-corrected chi connectivity index (χ4v) is 2.60. The standard InChI is InChI=1S/C13H14Cl3O/c1-2-3-4-5-6-12(17)13-10(15)7-9(14)8-11(13)16/h7-8H,1-6H2. The molecular weight excluding hydrogens is 279 g/mol. The van der Waals surface area contributed by atoms with Crippen molar-refractivity contribution < 1.29 is 4.79 Å². The van der Waals surface area contributed by atoms with E-state index in [9.17, 15) is 4.79 Å². The number of unbranched alkanes of at least 4 members (excludes halogenated alkanes) is 3. The summed E-state index contributed by atoms with van der Waals surface area (Å²) in [6.07, 6.45) is 4.23. The van der Waals surface area contributed by atoms with Crippen molar-refractivity contribution in [1.82, 2.24) is 0 Å². The van der Waals surface area contributed by atoms with Crippen LogP contribution in [-0.2, 0) is 0 Å². The second kappa shape index (κ2) is 7.25. The number of halogens is 3. The zero-order valence-corrected chi connectivity index (χ0v) is 11.7. The summed E-state index contributed by atoms with van der Waals surface area (Å²) in [6.45, 7) is 3.76. The first-order valence-electron chi connectivity index (χ1n) is 5.53. The largest absolute Gasteiger partial charge is 0.294 e. The summed E-state index contributed by atoms with van der Waals surface area (Å²) >= 11 is 17.7. The van der Waals surface area contributed by atoms with Crippen molar-refractivity contribution in [1.29, 1.82) is 0 Å². The highest BCUT2D eigenvalue weighted by molar-refractivity contribution is 6.42. The lowest BCUT2D eigenvalue weighted by molar-refractivity contribution is 0.0979. The van der Waals surface area contributed by atoms with Crippen molar-refractivity contribution in [3.05, 3.63) is 39.7 Å². The monoisotopic (exact) mass is 291 g/mol. The Balaban J connectivity index is 2.69. The number of benzene rings is 1. The van der Waals surface area contributed by atoms with Gasteiger partial charge >= 0.3 is 0 Å². The summed E-state index contributed by atoms with van der Waals surface area (Å²) in [7, 11) is 0. The molecule has 0 saturated heterocycles. The molecule has 1 aromatic carbocycles. The third kappa shape index (κ3) is 4.50. The van der Waals surface area contributed by atoms with Gasteiger partial charge in [-0.05, 0) is 18.6 Å². The van der Waals surface area contributed by atoms with Crippen LogP contribution in [0.3, 0.4) is 0 Å². The molecule has 1 aromatic rings. The molecular formula is C13H14Cl3O. The zero-order valence-electron chi connectivity index (χ0n) is 9.44. The van der Waals surface area contributed by atoms with Crippen LogP contribution in [0.4, 0.5) is 0 Å². The van der Waals surface area contributed by atoms with Gasteiger partial charge in [-0.15, -0.1) is 0 Å². The van der Waals surface area contributed by atoms with Gasteiger partial charge in [0.15, 0.2) is 5.78 Å². The predicted octanol–water partition coefficient (Wildman–Crippen LogP) is 5.61. The van der Waals surface area contributed by atoms with Gasteiger partial charge in [0.25, 0.3) is 0 Å². The maximum Gasteiger partial charge on any atom is 0.165 e. The van der Waals surface area contributed by atoms with Crippen molar-refractivity contribution in [2.45, 2.75) is 32.1 Å². The van der Waals surface area contributed by atoms with Crippen molar-refractivity contribution in [3.8, 4) is 0 Å². The highest BCUT2D eigenvalue weighted by atomic mass is 35.5. The van der Waals surface area contributed by atoms with E-state index in [1.54, 1.807) is 0 Å². The van der Waals surface area contributed by atoms with E-state index in [4.69, 9.17) is 34.8 Å². The van der Waals surface area contributed by atoms with Crippen LogP contribution in [0, 0.1) is 6.92 Å². The number of hydrogen-bond donors (Lipinski definition) is 0. The molecule has 0 aliphatic rings. The van der Waals surface area contributed by atoms with E-state index < -0.39 is 0 Å². The van der Waals surface area contributed by atoms with Crippen LogP contribution in [0.2, 0.25) is 15.1 Å². The molecule has 1 nitrogen and oxygen atoms in total. The molecule has 17 heavy (non-hydrogen) atoms. The van der Waals surface area contributed by atoms with Crippen molar-refractivity contribution in [2.75, 3.05) is 0 Å². The Bertz CT molecular complexity index is 379. The molecule has 0 aliphatic heterocycles. The number of carbonyl (C=O) groups is 1. The topological polar surface area (TPSA) is 17.1 Å². The Morgan fingerprint density at radius 1 is 1.06 bits per heavy atom. The molecule has 0 bridgehead atoms. The SMILES string of the molecule is [CH2]CCCCCC(=O)c1c(Cl)cc(Cl)cc1Cl. The number of Topliss-reactive ketones (excluding diaryl/α,β-unsaturated/α-hetero) is 1. The molecule has 93 valence electrons. The Labute approximate surface area is 117 Å². The van der Waals surface area contributed by atoms with Crippen LogP contribution in [0.15, 0.2) is 12.1 Å². The summed E-state index contributed by atoms with van der Waals surface area (Å²) in [5.41, 5.74) is 0.382. The third-order valence-electron chi connectivity index (χ3n) is 2.44. The number of carbonyl (C=O) groups excluding carboxylic acids is 1. The minimum absolute atomic E-state index is 0.0271. The predicted molar refractivity (Wildman–Crippen MR) is 74.2 cm³/mol. The zero-order chi connectivity index (χ0) is 12.8. The van der Waals surface area contributed by atoms with Gasteiger partial charge in [-0.3, -0.25) is 4.79 Å². The van der Waals surface area contributed by atoms with Crippen LogP contribution >= 0.6 is 34.8 Å². The Morgan fingerprint density at radius 3 is 2.18 bits per heavy atom. The van der Waals surface area contributed by atoms with Gasteiger partial charge < -0.3 is 0 Å². The van der Waals surface area contributed by atoms with Crippen LogP contribution in [0.25, 0.3) is 0 Å². The lowest BCUT2D eigenvalue weighted by atomic mass is 10.0. The summed E-state index contributed by atoms with van der Waals surface area (Å²) < 4.78 is 0. The molecule has 1 radical (unpaired) electrons. The Morgan fingerprint density at radius 2 is 1.65 bits per heavy atom. The number of hydrogen-bond acceptors (Lipinski definition) is 1. The lowest BCUT2D eigenvalue weighted by Crippen LogP contribution is -2.01. The molecule has 0 spiro atoms. The highest BCUT2D eigenvalue weighted by Gasteiger charge is 2.15. The Hall–Kier alpha value is -0.240. The van der Waals surface area contributed by atoms with E-state index in [0.717, 1.165) is 25.7 Å². The third-order valence-corrected chi connectivity index (χ3v) is 3.25. The second-order valence-corrected chi connectivity index (χ2v) is 5.08. The van der Waals surface area contributed by atoms with Crippen LogP contribution < -0.4 is 0 Å². The molecule has 0 N–H and O–H groups in total. The summed E-state index contributed by atoms with van der Waals surface area (Å²) in [5.74, 6) is -0.0271. The smallest absolute Gasteiger partial charge is 0.165 e. The van der Waals surface area contributed by atoms with Crippen molar-refractivity contribution in [3.63, 3.8) is 0 Å². The summed E-state index contributed by atoms with van der Waals surface area (Å²) in [6, 6.07) is 3.08. The Kier molecular flexibility index (Phi) is 6.32. The molecule has 0 atom stereocenters. The first kappa shape index (κ1) is 14.8. The van der Waals surface area contributed by atoms with Gasteiger partial charge in [0.1, 0.15) is 0 Å². The van der Waals surface area contributed by atoms with Crippen LogP contribution in [0.1, 0.15) is 42.5 Å². The molecule has 0 aromatic heterocycles. The molecule has 0 fully saturated rings. The van der Waals surface area contributed by atoms with Crippen molar-refractivity contribution in [2.24, 2.45) is 0 Å². The molecule has 0 aliphatic carbocycles. The number of rotatable bonds is 6. The second-order valence-electron chi connectivity index (χ2n) is 3.83. The fourth-order valence-electron chi connectivity index (χ4n) is 1.57. The first-order valence-corrected chi connectivity index (χ1v) is 6.66. The van der Waals surface area contributed by atoms with E-state index in [1.807, 2.05) is 0 Å². The van der Waals surface area contributed by atoms with Crippen LogP contribution in [-0.4, -0.2) is 5.78 Å². The van der Waals surface area contributed by atoms with E-state index in [0.29, 0.717) is 27.1 Å². The minimum atomic E-state index is -0.0271. The highest BCUT2D eigenvalue weighted by Crippen LogP contribution is 2.30. The van der Waals surface area contributed by atoms with Gasteiger partial charge in [0.2, 0.25) is 0 Å². The van der Waals surface area contributed by atoms with E-state index in [2.05, 4.69) is 6.92 Å². The van der Waals surface area contributed by atoms with Gasteiger partial charge in [-0.25, -0.2) is 0 Å². The molecule has 0 amide bonds. The van der Waals surface area contributed by atoms with Crippen molar-refractivity contribution >= 4 is 40.6 Å². The van der Waals surface area contributed by atoms with Crippen LogP contribution in [0.5, 0.6) is 0 Å². The summed E-state index contributed by atoms with van der Waals surface area (Å²) in [5, 5.41) is 1.09.